The summed E-state index contributed by atoms with van der Waals surface area (Å²) in [4.78, 5) is 43.8. The Bertz CT molecular complexity index is 1660. The van der Waals surface area contributed by atoms with Crippen molar-refractivity contribution in [1.82, 2.24) is 30.2 Å². The predicted octanol–water partition coefficient (Wildman–Crippen LogP) is 6.60. The van der Waals surface area contributed by atoms with E-state index < -0.39 is 5.82 Å². The highest BCUT2D eigenvalue weighted by Gasteiger charge is 2.32. The molecule has 3 heterocycles. The highest BCUT2D eigenvalue weighted by molar-refractivity contribution is 6.31. The van der Waals surface area contributed by atoms with Gasteiger partial charge in [-0.2, -0.15) is 0 Å². The number of benzene rings is 2. The first kappa shape index (κ1) is 32.3. The van der Waals surface area contributed by atoms with Crippen molar-refractivity contribution < 1.29 is 18.7 Å². The summed E-state index contributed by atoms with van der Waals surface area (Å²) < 4.78 is 19.5. The molecule has 1 atom stereocenters. The number of aromatic nitrogens is 4. The molecule has 1 fully saturated rings. The molecule has 0 spiro atoms. The third-order valence-electron chi connectivity index (χ3n) is 8.20. The standard InChI is InChI=1S/C33H39ClFN7O3/c1-4-22(43)9-7-5-6-8-10-27(41-33(44)20-17-42(2)18-20)32-36-16-29(40-32)23-14-24-28(15-30(23)45-3)37-19-38-31(24)39-21-11-12-26(35)25(34)13-21/h11-16,19-20,27H,4-10,17-18H2,1-3H3,(H,36,40)(H,41,44)(H,37,38,39)/t27-/m0/s1. The van der Waals surface area contributed by atoms with Gasteiger partial charge in [0.1, 0.15) is 35.3 Å². The molecular weight excluding hydrogens is 597 g/mol. The fourth-order valence-electron chi connectivity index (χ4n) is 5.56. The number of fused-ring (bicyclic) bond motifs is 1. The van der Waals surface area contributed by atoms with Gasteiger partial charge in [0.05, 0.1) is 41.5 Å². The Labute approximate surface area is 267 Å². The number of ketones is 1. The van der Waals surface area contributed by atoms with Crippen LogP contribution in [0.15, 0.2) is 42.9 Å². The Kier molecular flexibility index (Phi) is 10.6. The Morgan fingerprint density at radius 3 is 2.67 bits per heavy atom. The first-order valence-corrected chi connectivity index (χ1v) is 15.7. The predicted molar refractivity (Wildman–Crippen MR) is 173 cm³/mol. The number of carbonyl (C=O) groups excluding carboxylic acids is 2. The number of ether oxygens (including phenoxy) is 1. The summed E-state index contributed by atoms with van der Waals surface area (Å²) in [5, 5.41) is 7.16. The number of Topliss-reactive ketones (excluding diaryl/α,β-unsaturated/α-hetero) is 1. The van der Waals surface area contributed by atoms with Gasteiger partial charge in [0, 0.05) is 48.6 Å². The van der Waals surface area contributed by atoms with Gasteiger partial charge in [-0.05, 0) is 44.2 Å². The number of nitrogens with zero attached hydrogens (tertiary/aromatic N) is 4. The van der Waals surface area contributed by atoms with E-state index in [4.69, 9.17) is 21.3 Å². The van der Waals surface area contributed by atoms with Crippen molar-refractivity contribution >= 4 is 45.7 Å². The lowest BCUT2D eigenvalue weighted by atomic mass is 9.98. The van der Waals surface area contributed by atoms with E-state index in [0.717, 1.165) is 50.8 Å². The van der Waals surface area contributed by atoms with Gasteiger partial charge in [0.25, 0.3) is 0 Å². The van der Waals surface area contributed by atoms with Crippen LogP contribution in [0.1, 0.15) is 63.7 Å². The van der Waals surface area contributed by atoms with Crippen molar-refractivity contribution in [3.63, 3.8) is 0 Å². The number of imidazole rings is 1. The van der Waals surface area contributed by atoms with Gasteiger partial charge in [-0.3, -0.25) is 9.59 Å². The van der Waals surface area contributed by atoms with E-state index in [-0.39, 0.29) is 22.9 Å². The summed E-state index contributed by atoms with van der Waals surface area (Å²) in [7, 11) is 3.59. The molecule has 0 radical (unpaired) electrons. The van der Waals surface area contributed by atoms with Gasteiger partial charge >= 0.3 is 0 Å². The third kappa shape index (κ3) is 7.96. The van der Waals surface area contributed by atoms with Gasteiger partial charge in [-0.15, -0.1) is 0 Å². The normalized spacial score (nSPS) is 14.2. The number of nitrogens with one attached hydrogen (secondary N) is 3. The highest BCUT2D eigenvalue weighted by Crippen LogP contribution is 2.36. The number of H-pyrrole nitrogens is 1. The molecule has 10 nitrogen and oxygen atoms in total. The van der Waals surface area contributed by atoms with Crippen LogP contribution in [0.3, 0.4) is 0 Å². The van der Waals surface area contributed by atoms with Crippen LogP contribution >= 0.6 is 11.6 Å². The minimum absolute atomic E-state index is 0.00303. The Morgan fingerprint density at radius 2 is 1.93 bits per heavy atom. The molecule has 45 heavy (non-hydrogen) atoms. The molecule has 12 heteroatoms. The maximum absolute atomic E-state index is 13.7. The van der Waals surface area contributed by atoms with E-state index in [9.17, 15) is 14.0 Å². The van der Waals surface area contributed by atoms with Crippen LogP contribution in [0, 0.1) is 11.7 Å². The first-order chi connectivity index (χ1) is 21.7. The maximum atomic E-state index is 13.7. The molecule has 0 saturated carbocycles. The molecule has 2 aromatic heterocycles. The number of unbranched alkanes of at least 4 members (excludes halogenated alkanes) is 3. The van der Waals surface area contributed by atoms with E-state index >= 15 is 0 Å². The largest absolute Gasteiger partial charge is 0.496 e. The second-order valence-corrected chi connectivity index (χ2v) is 12.0. The van der Waals surface area contributed by atoms with Crippen molar-refractivity contribution in [1.29, 1.82) is 0 Å². The Morgan fingerprint density at radius 1 is 1.13 bits per heavy atom. The molecule has 1 aliphatic rings. The van der Waals surface area contributed by atoms with Crippen LogP contribution in [0.4, 0.5) is 15.9 Å². The lowest BCUT2D eigenvalue weighted by Crippen LogP contribution is -2.52. The van der Waals surface area contributed by atoms with Gasteiger partial charge in [0.2, 0.25) is 5.91 Å². The quantitative estimate of drug-likeness (QED) is 0.125. The Balaban J connectivity index is 1.38. The average molecular weight is 636 g/mol. The molecule has 2 aromatic carbocycles. The summed E-state index contributed by atoms with van der Waals surface area (Å²) in [6.07, 6.45) is 8.84. The maximum Gasteiger partial charge on any atom is 0.226 e. The second-order valence-electron chi connectivity index (χ2n) is 11.6. The number of amides is 1. The highest BCUT2D eigenvalue weighted by atomic mass is 35.5. The smallest absolute Gasteiger partial charge is 0.226 e. The Hall–Kier alpha value is -4.09. The van der Waals surface area contributed by atoms with Gasteiger partial charge < -0.3 is 25.3 Å². The fourth-order valence-corrected chi connectivity index (χ4v) is 5.74. The molecule has 5 rings (SSSR count). The van der Waals surface area contributed by atoms with Gasteiger partial charge in [0.15, 0.2) is 0 Å². The van der Waals surface area contributed by atoms with Crippen LogP contribution in [-0.4, -0.2) is 63.8 Å². The molecule has 1 saturated heterocycles. The number of halogens is 2. The molecule has 0 bridgehead atoms. The van der Waals surface area contributed by atoms with Crippen molar-refractivity contribution in [2.24, 2.45) is 5.92 Å². The zero-order valence-corrected chi connectivity index (χ0v) is 26.6. The number of hydrogen-bond donors (Lipinski definition) is 3. The van der Waals surface area contributed by atoms with Gasteiger partial charge in [-0.1, -0.05) is 37.8 Å². The number of likely N-dealkylation sites (tertiary alicyclic amines) is 1. The minimum Gasteiger partial charge on any atom is -0.496 e. The summed E-state index contributed by atoms with van der Waals surface area (Å²) in [6.45, 7) is 3.38. The van der Waals surface area contributed by atoms with E-state index in [1.807, 2.05) is 26.1 Å². The van der Waals surface area contributed by atoms with Crippen LogP contribution < -0.4 is 15.4 Å². The second kappa shape index (κ2) is 14.8. The van der Waals surface area contributed by atoms with E-state index in [1.165, 1.54) is 18.5 Å². The first-order valence-electron chi connectivity index (χ1n) is 15.4. The van der Waals surface area contributed by atoms with Crippen LogP contribution in [0.5, 0.6) is 5.75 Å². The minimum atomic E-state index is -0.505. The summed E-state index contributed by atoms with van der Waals surface area (Å²) in [5.41, 5.74) is 2.68. The molecular formula is C33H39ClFN7O3. The molecule has 1 amide bonds. The fraction of sp³-hybridized carbons (Fsp3) is 0.424. The lowest BCUT2D eigenvalue weighted by Gasteiger charge is -2.35. The summed E-state index contributed by atoms with van der Waals surface area (Å²) in [6, 6.07) is 7.82. The van der Waals surface area contributed by atoms with Gasteiger partial charge in [-0.25, -0.2) is 19.3 Å². The monoisotopic (exact) mass is 635 g/mol. The number of hydrogen-bond acceptors (Lipinski definition) is 8. The third-order valence-corrected chi connectivity index (χ3v) is 8.49. The molecule has 238 valence electrons. The number of anilines is 2. The van der Waals surface area contributed by atoms with E-state index in [1.54, 1.807) is 19.4 Å². The number of methoxy groups -OCH3 is 1. The molecule has 0 aliphatic carbocycles. The zero-order valence-electron chi connectivity index (χ0n) is 25.8. The zero-order chi connectivity index (χ0) is 31.9. The summed E-state index contributed by atoms with van der Waals surface area (Å²) in [5.74, 6) is 1.56. The number of rotatable bonds is 15. The number of aromatic amines is 1. The SMILES string of the molecule is CCC(=O)CCCCCC[C@H](NC(=O)C1CN(C)C1)c1ncc(-c2cc3c(Nc4ccc(F)c(Cl)c4)ncnc3cc2OC)[nH]1. The molecule has 4 aromatic rings. The molecule has 1 aliphatic heterocycles. The van der Waals surface area contributed by atoms with Crippen LogP contribution in [0.2, 0.25) is 5.02 Å². The van der Waals surface area contributed by atoms with Crippen LogP contribution in [-0.2, 0) is 9.59 Å². The van der Waals surface area contributed by atoms with Crippen molar-refractivity contribution in [3.05, 3.63) is 59.5 Å². The molecule has 3 N–H and O–H groups in total. The molecule has 0 unspecified atom stereocenters. The van der Waals surface area contributed by atoms with Crippen molar-refractivity contribution in [2.75, 3.05) is 32.6 Å². The van der Waals surface area contributed by atoms with Crippen molar-refractivity contribution in [2.45, 2.75) is 57.9 Å². The number of carbonyl (C=O) groups is 2. The van der Waals surface area contributed by atoms with Crippen molar-refractivity contribution in [3.8, 4) is 17.0 Å². The van der Waals surface area contributed by atoms with E-state index in [0.29, 0.717) is 58.3 Å². The average Bonchev–Trinajstić information content (AvgIpc) is 3.51. The van der Waals surface area contributed by atoms with Crippen LogP contribution in [0.25, 0.3) is 22.2 Å². The topological polar surface area (TPSA) is 125 Å². The lowest BCUT2D eigenvalue weighted by molar-refractivity contribution is -0.130. The summed E-state index contributed by atoms with van der Waals surface area (Å²) >= 11 is 5.99. The van der Waals surface area contributed by atoms with E-state index in [2.05, 4.69) is 30.5 Å².